The number of nitrogens with zero attached hydrogens (tertiary/aromatic N) is 3. The molecule has 1 N–H and O–H groups in total. The molecule has 2 aliphatic heterocycles. The molecular weight excluding hydrogens is 353 g/mol. The molecule has 0 aliphatic carbocycles. The van der Waals surface area contributed by atoms with Crippen LogP contribution >= 0.6 is 11.8 Å². The lowest BCUT2D eigenvalue weighted by Gasteiger charge is -2.20. The fourth-order valence-electron chi connectivity index (χ4n) is 2.28. The maximum absolute atomic E-state index is 13.1. The smallest absolute Gasteiger partial charge is 0.282 e. The number of hydrogen-bond donors (Lipinski definition) is 1. The number of benzene rings is 1. The van der Waals surface area contributed by atoms with Gasteiger partial charge >= 0.3 is 6.18 Å². The van der Waals surface area contributed by atoms with Crippen molar-refractivity contribution in [1.29, 1.82) is 5.41 Å². The summed E-state index contributed by atoms with van der Waals surface area (Å²) in [6.45, 7) is 3.82. The van der Waals surface area contributed by atoms with Crippen LogP contribution in [0, 0.1) is 11.3 Å². The summed E-state index contributed by atoms with van der Waals surface area (Å²) >= 11 is 1.18. The lowest BCUT2D eigenvalue weighted by Crippen LogP contribution is -2.35. The maximum Gasteiger partial charge on any atom is 0.416 e. The van der Waals surface area contributed by atoms with Gasteiger partial charge in [0, 0.05) is 5.92 Å². The van der Waals surface area contributed by atoms with Crippen LogP contribution in [-0.4, -0.2) is 27.0 Å². The Balaban J connectivity index is 2.04. The monoisotopic (exact) mass is 366 g/mol. The minimum Gasteiger partial charge on any atom is -0.282 e. The number of halogens is 3. The first-order chi connectivity index (χ1) is 11.7. The van der Waals surface area contributed by atoms with E-state index >= 15 is 0 Å². The van der Waals surface area contributed by atoms with Gasteiger partial charge in [-0.3, -0.25) is 10.2 Å². The molecule has 0 atom stereocenters. The molecule has 0 unspecified atom stereocenters. The molecule has 0 saturated carbocycles. The molecule has 0 bridgehead atoms. The molecule has 1 amide bonds. The van der Waals surface area contributed by atoms with Gasteiger partial charge in [0.2, 0.25) is 5.17 Å². The number of hydrogen-bond acceptors (Lipinski definition) is 4. The molecule has 2 aliphatic rings. The van der Waals surface area contributed by atoms with E-state index in [1.165, 1.54) is 35.0 Å². The summed E-state index contributed by atoms with van der Waals surface area (Å²) in [7, 11) is 0. The van der Waals surface area contributed by atoms with E-state index in [-0.39, 0.29) is 28.1 Å². The number of carbonyl (C=O) groups excluding carboxylic acids is 1. The van der Waals surface area contributed by atoms with Gasteiger partial charge in [-0.25, -0.2) is 0 Å². The Morgan fingerprint density at radius 2 is 1.96 bits per heavy atom. The molecule has 0 saturated heterocycles. The minimum atomic E-state index is -4.56. The number of rotatable bonds is 2. The Labute approximate surface area is 145 Å². The molecule has 2 heterocycles. The lowest BCUT2D eigenvalue weighted by molar-refractivity contribution is -0.137. The predicted molar refractivity (Wildman–Crippen MR) is 91.3 cm³/mol. The van der Waals surface area contributed by atoms with Crippen LogP contribution in [0.4, 0.5) is 13.2 Å². The van der Waals surface area contributed by atoms with E-state index in [1.54, 1.807) is 0 Å². The number of carbonyl (C=O) groups is 1. The molecule has 25 heavy (non-hydrogen) atoms. The number of alkyl halides is 3. The van der Waals surface area contributed by atoms with E-state index in [0.29, 0.717) is 5.04 Å². The molecule has 1 aromatic rings. The summed E-state index contributed by atoms with van der Waals surface area (Å²) in [6, 6.07) is 4.88. The quantitative estimate of drug-likeness (QED) is 0.805. The molecule has 1 aromatic carbocycles. The number of fused-ring (bicyclic) bond motifs is 1. The molecular formula is C16H13F3N4OS. The topological polar surface area (TPSA) is 68.9 Å². The first-order valence-corrected chi connectivity index (χ1v) is 8.16. The van der Waals surface area contributed by atoms with Crippen LogP contribution in [0.2, 0.25) is 0 Å². The average Bonchev–Trinajstić information content (AvgIpc) is 2.95. The van der Waals surface area contributed by atoms with Gasteiger partial charge in [-0.15, -0.1) is 0 Å². The van der Waals surface area contributed by atoms with Crippen LogP contribution in [0.1, 0.15) is 25.0 Å². The number of amides is 1. The van der Waals surface area contributed by atoms with E-state index in [2.05, 4.69) is 10.1 Å². The number of nitrogens with one attached hydrogen (secondary N) is 1. The molecule has 9 heteroatoms. The zero-order valence-corrected chi connectivity index (χ0v) is 14.1. The maximum atomic E-state index is 13.1. The highest BCUT2D eigenvalue weighted by molar-refractivity contribution is 8.27. The Hall–Kier alpha value is -2.42. The van der Waals surface area contributed by atoms with Gasteiger partial charge in [-0.05, 0) is 29.5 Å². The van der Waals surface area contributed by atoms with Crippen LogP contribution in [0.5, 0.6) is 0 Å². The Morgan fingerprint density at radius 1 is 1.28 bits per heavy atom. The highest BCUT2D eigenvalue weighted by atomic mass is 32.2. The standard InChI is InChI=1S/C16H13F3N4OS/c1-8(2)14-22-23-12(20)10(13(24)21-15(23)25-14)7-9-5-3-4-6-11(9)16(17,18)19/h3-8,20H,1-2H3/b10-7+,20-12?. The van der Waals surface area contributed by atoms with E-state index in [4.69, 9.17) is 5.41 Å². The Kier molecular flexibility index (Phi) is 4.28. The first-order valence-electron chi connectivity index (χ1n) is 7.35. The van der Waals surface area contributed by atoms with E-state index < -0.39 is 17.6 Å². The van der Waals surface area contributed by atoms with Gasteiger partial charge in [-0.1, -0.05) is 32.0 Å². The van der Waals surface area contributed by atoms with Crippen molar-refractivity contribution in [2.24, 2.45) is 16.0 Å². The van der Waals surface area contributed by atoms with E-state index in [9.17, 15) is 18.0 Å². The van der Waals surface area contributed by atoms with Gasteiger partial charge < -0.3 is 0 Å². The summed E-state index contributed by atoms with van der Waals surface area (Å²) in [5, 5.41) is 14.5. The van der Waals surface area contributed by atoms with Crippen molar-refractivity contribution in [1.82, 2.24) is 5.01 Å². The second-order valence-corrected chi connectivity index (χ2v) is 6.69. The second kappa shape index (κ2) is 6.14. The summed E-state index contributed by atoms with van der Waals surface area (Å²) in [4.78, 5) is 16.1. The highest BCUT2D eigenvalue weighted by Crippen LogP contribution is 2.34. The van der Waals surface area contributed by atoms with Crippen LogP contribution in [0.15, 0.2) is 39.9 Å². The molecule has 0 fully saturated rings. The average molecular weight is 366 g/mol. The number of hydrazone groups is 1. The first kappa shape index (κ1) is 17.4. The van der Waals surface area contributed by atoms with Crippen LogP contribution in [0.25, 0.3) is 6.08 Å². The van der Waals surface area contributed by atoms with Gasteiger partial charge in [0.15, 0.2) is 5.84 Å². The summed E-state index contributed by atoms with van der Waals surface area (Å²) in [6.07, 6.45) is -3.52. The third-order valence-corrected chi connectivity index (χ3v) is 4.74. The van der Waals surface area contributed by atoms with Crippen molar-refractivity contribution in [2.45, 2.75) is 20.0 Å². The number of aliphatic imine (C=N–C) groups is 1. The van der Waals surface area contributed by atoms with Crippen molar-refractivity contribution in [3.63, 3.8) is 0 Å². The van der Waals surface area contributed by atoms with Crippen molar-refractivity contribution >= 4 is 39.8 Å². The SMILES string of the molecule is CC(C)C1=NN2C(=N)/C(=C\c3ccccc3C(F)(F)F)C(=O)N=C2S1. The largest absolute Gasteiger partial charge is 0.416 e. The number of thioether (sulfide) groups is 1. The summed E-state index contributed by atoms with van der Waals surface area (Å²) < 4.78 is 39.4. The van der Waals surface area contributed by atoms with Gasteiger partial charge in [-0.2, -0.15) is 28.3 Å². The minimum absolute atomic E-state index is 0.0830. The highest BCUT2D eigenvalue weighted by Gasteiger charge is 2.37. The Bertz CT molecular complexity index is 855. The van der Waals surface area contributed by atoms with Gasteiger partial charge in [0.1, 0.15) is 5.04 Å². The van der Waals surface area contributed by atoms with Crippen LogP contribution in [0.3, 0.4) is 0 Å². The number of amidine groups is 2. The van der Waals surface area contributed by atoms with Crippen molar-refractivity contribution < 1.29 is 18.0 Å². The molecule has 0 radical (unpaired) electrons. The Morgan fingerprint density at radius 3 is 2.60 bits per heavy atom. The van der Waals surface area contributed by atoms with E-state index in [1.807, 2.05) is 13.8 Å². The van der Waals surface area contributed by atoms with E-state index in [0.717, 1.165) is 12.1 Å². The molecule has 0 spiro atoms. The predicted octanol–water partition coefficient (Wildman–Crippen LogP) is 3.98. The summed E-state index contributed by atoms with van der Waals surface area (Å²) in [5.74, 6) is -0.948. The normalized spacial score (nSPS) is 19.4. The molecule has 5 nitrogen and oxygen atoms in total. The van der Waals surface area contributed by atoms with Gasteiger partial charge in [0.25, 0.3) is 5.91 Å². The van der Waals surface area contributed by atoms with Crippen molar-refractivity contribution in [3.05, 3.63) is 41.0 Å². The van der Waals surface area contributed by atoms with Crippen LogP contribution in [-0.2, 0) is 11.0 Å². The van der Waals surface area contributed by atoms with Crippen molar-refractivity contribution in [2.75, 3.05) is 0 Å². The zero-order chi connectivity index (χ0) is 18.4. The molecule has 0 aromatic heterocycles. The summed E-state index contributed by atoms with van der Waals surface area (Å²) in [5.41, 5.74) is -1.29. The third kappa shape index (κ3) is 3.23. The molecule has 3 rings (SSSR count). The fraction of sp³-hybridized carbons (Fsp3) is 0.250. The van der Waals surface area contributed by atoms with Crippen molar-refractivity contribution in [3.8, 4) is 0 Å². The van der Waals surface area contributed by atoms with Gasteiger partial charge in [0.05, 0.1) is 11.1 Å². The van der Waals surface area contributed by atoms with Crippen LogP contribution < -0.4 is 0 Å². The second-order valence-electron chi connectivity index (χ2n) is 5.70. The fourth-order valence-corrected chi connectivity index (χ4v) is 3.17. The lowest BCUT2D eigenvalue weighted by atomic mass is 10.0. The third-order valence-electron chi connectivity index (χ3n) is 3.53. The molecule has 130 valence electrons. The zero-order valence-electron chi connectivity index (χ0n) is 13.3.